The molecule has 1 aromatic heterocycles. The molecule has 9 nitrogen and oxygen atoms in total. The van der Waals surface area contributed by atoms with Crippen LogP contribution in [0.25, 0.3) is 0 Å². The maximum atomic E-state index is 12.3. The molecule has 1 heterocycles. The molecule has 1 aromatic carbocycles. The zero-order valence-electron chi connectivity index (χ0n) is 15.4. The molecule has 0 unspecified atom stereocenters. The van der Waals surface area contributed by atoms with Gasteiger partial charge in [0, 0.05) is 25.7 Å². The van der Waals surface area contributed by atoms with Crippen LogP contribution in [0, 0.1) is 10.1 Å². The average molecular weight is 375 g/mol. The first kappa shape index (κ1) is 20.0. The van der Waals surface area contributed by atoms with Crippen molar-refractivity contribution in [1.82, 2.24) is 9.47 Å². The number of carbonyl (C=O) groups is 1. The third kappa shape index (κ3) is 5.06. The monoisotopic (exact) mass is 375 g/mol. The molecule has 1 amide bonds. The van der Waals surface area contributed by atoms with E-state index in [4.69, 9.17) is 9.47 Å². The molecule has 0 bridgehead atoms. The SMILES string of the molecule is COc1ccc(CCN(C)C(=O)Cn2cc([N+](=O)[O-])ccc2=O)cc1OC. The molecular formula is C18H21N3O6. The number of methoxy groups -OCH3 is 2. The summed E-state index contributed by atoms with van der Waals surface area (Å²) in [5.74, 6) is 0.904. The van der Waals surface area contributed by atoms with Crippen molar-refractivity contribution >= 4 is 11.6 Å². The molecule has 0 atom stereocenters. The van der Waals surface area contributed by atoms with E-state index < -0.39 is 10.5 Å². The molecular weight excluding hydrogens is 354 g/mol. The van der Waals surface area contributed by atoms with Gasteiger partial charge in [0.05, 0.1) is 25.3 Å². The Morgan fingerprint density at radius 1 is 1.19 bits per heavy atom. The van der Waals surface area contributed by atoms with Gasteiger partial charge in [0.25, 0.3) is 11.2 Å². The van der Waals surface area contributed by atoms with Gasteiger partial charge in [0.1, 0.15) is 6.54 Å². The topological polar surface area (TPSA) is 104 Å². The van der Waals surface area contributed by atoms with Gasteiger partial charge in [0.2, 0.25) is 5.91 Å². The second-order valence-corrected chi connectivity index (χ2v) is 5.87. The van der Waals surface area contributed by atoms with Gasteiger partial charge in [-0.1, -0.05) is 6.07 Å². The summed E-state index contributed by atoms with van der Waals surface area (Å²) >= 11 is 0. The zero-order chi connectivity index (χ0) is 20.0. The molecule has 0 N–H and O–H groups in total. The molecule has 144 valence electrons. The number of hydrogen-bond acceptors (Lipinski definition) is 6. The minimum Gasteiger partial charge on any atom is -0.493 e. The van der Waals surface area contributed by atoms with Gasteiger partial charge in [-0.15, -0.1) is 0 Å². The van der Waals surface area contributed by atoms with Crippen molar-refractivity contribution in [1.29, 1.82) is 0 Å². The van der Waals surface area contributed by atoms with Gasteiger partial charge in [0.15, 0.2) is 11.5 Å². The number of benzene rings is 1. The smallest absolute Gasteiger partial charge is 0.285 e. The van der Waals surface area contributed by atoms with E-state index in [2.05, 4.69) is 0 Å². The standard InChI is InChI=1S/C18H21N3O6/c1-19(9-8-13-4-6-15(26-2)16(10-13)27-3)18(23)12-20-11-14(21(24)25)5-7-17(20)22/h4-7,10-11H,8-9,12H2,1-3H3. The molecule has 0 aliphatic rings. The fourth-order valence-corrected chi connectivity index (χ4v) is 2.47. The Morgan fingerprint density at radius 2 is 1.89 bits per heavy atom. The number of carbonyl (C=O) groups excluding carboxylic acids is 1. The van der Waals surface area contributed by atoms with Crippen LogP contribution in [0.15, 0.2) is 41.3 Å². The third-order valence-electron chi connectivity index (χ3n) is 4.09. The van der Waals surface area contributed by atoms with E-state index in [9.17, 15) is 19.7 Å². The van der Waals surface area contributed by atoms with Crippen LogP contribution in [0.1, 0.15) is 5.56 Å². The highest BCUT2D eigenvalue weighted by atomic mass is 16.6. The Bertz CT molecular complexity index is 893. The fraction of sp³-hybridized carbons (Fsp3) is 0.333. The molecule has 0 aliphatic carbocycles. The number of amides is 1. The van der Waals surface area contributed by atoms with Crippen molar-refractivity contribution in [3.63, 3.8) is 0 Å². The summed E-state index contributed by atoms with van der Waals surface area (Å²) in [7, 11) is 4.72. The summed E-state index contributed by atoms with van der Waals surface area (Å²) < 4.78 is 11.5. The van der Waals surface area contributed by atoms with Crippen LogP contribution in [-0.4, -0.2) is 48.1 Å². The first-order valence-corrected chi connectivity index (χ1v) is 8.15. The normalized spacial score (nSPS) is 10.3. The van der Waals surface area contributed by atoms with Crippen molar-refractivity contribution < 1.29 is 19.2 Å². The first-order valence-electron chi connectivity index (χ1n) is 8.15. The summed E-state index contributed by atoms with van der Waals surface area (Å²) in [5.41, 5.74) is 0.248. The Morgan fingerprint density at radius 3 is 2.52 bits per heavy atom. The van der Waals surface area contributed by atoms with Crippen LogP contribution in [0.3, 0.4) is 0 Å². The lowest BCUT2D eigenvalue weighted by molar-refractivity contribution is -0.385. The van der Waals surface area contributed by atoms with E-state index in [1.807, 2.05) is 12.1 Å². The lowest BCUT2D eigenvalue weighted by Crippen LogP contribution is -2.34. The molecule has 0 radical (unpaired) electrons. The average Bonchev–Trinajstić information content (AvgIpc) is 2.67. The Hall–Kier alpha value is -3.36. The number of hydrogen-bond donors (Lipinski definition) is 0. The van der Waals surface area contributed by atoms with Crippen LogP contribution in [-0.2, 0) is 17.8 Å². The Labute approximate surface area is 155 Å². The zero-order valence-corrected chi connectivity index (χ0v) is 15.4. The number of ether oxygens (including phenoxy) is 2. The van der Waals surface area contributed by atoms with Crippen molar-refractivity contribution in [2.75, 3.05) is 27.8 Å². The molecule has 0 aliphatic heterocycles. The number of rotatable bonds is 8. The maximum absolute atomic E-state index is 12.3. The molecule has 0 fully saturated rings. The number of likely N-dealkylation sites (N-methyl/N-ethyl adjacent to an activating group) is 1. The minimum absolute atomic E-state index is 0.240. The van der Waals surface area contributed by atoms with Crippen molar-refractivity contribution in [2.24, 2.45) is 0 Å². The highest BCUT2D eigenvalue weighted by Crippen LogP contribution is 2.27. The molecule has 27 heavy (non-hydrogen) atoms. The Kier molecular flexibility index (Phi) is 6.53. The highest BCUT2D eigenvalue weighted by molar-refractivity contribution is 5.75. The molecule has 0 saturated carbocycles. The quantitative estimate of drug-likeness (QED) is 0.511. The van der Waals surface area contributed by atoms with E-state index in [-0.39, 0.29) is 18.1 Å². The summed E-state index contributed by atoms with van der Waals surface area (Å²) in [6.45, 7) is 0.154. The van der Waals surface area contributed by atoms with Gasteiger partial charge in [-0.3, -0.25) is 24.3 Å². The maximum Gasteiger partial charge on any atom is 0.285 e. The van der Waals surface area contributed by atoms with Gasteiger partial charge in [-0.2, -0.15) is 0 Å². The molecule has 9 heteroatoms. The van der Waals surface area contributed by atoms with E-state index >= 15 is 0 Å². The van der Waals surface area contributed by atoms with Gasteiger partial charge >= 0.3 is 0 Å². The second kappa shape index (κ2) is 8.84. The fourth-order valence-electron chi connectivity index (χ4n) is 2.47. The lowest BCUT2D eigenvalue weighted by Gasteiger charge is -2.18. The highest BCUT2D eigenvalue weighted by Gasteiger charge is 2.14. The minimum atomic E-state index is -0.610. The molecule has 2 rings (SSSR count). The van der Waals surface area contributed by atoms with Crippen LogP contribution < -0.4 is 15.0 Å². The molecule has 0 spiro atoms. The van der Waals surface area contributed by atoms with Gasteiger partial charge in [-0.05, 0) is 24.1 Å². The second-order valence-electron chi connectivity index (χ2n) is 5.87. The summed E-state index contributed by atoms with van der Waals surface area (Å²) in [5, 5.41) is 10.8. The van der Waals surface area contributed by atoms with Crippen LogP contribution in [0.4, 0.5) is 5.69 Å². The summed E-state index contributed by atoms with van der Waals surface area (Å²) in [4.78, 5) is 35.8. The van der Waals surface area contributed by atoms with E-state index in [0.29, 0.717) is 24.5 Å². The van der Waals surface area contributed by atoms with Crippen molar-refractivity contribution in [2.45, 2.75) is 13.0 Å². The van der Waals surface area contributed by atoms with Crippen LogP contribution >= 0.6 is 0 Å². The largest absolute Gasteiger partial charge is 0.493 e. The van der Waals surface area contributed by atoms with Crippen LogP contribution in [0.2, 0.25) is 0 Å². The predicted octanol–water partition coefficient (Wildman–Crippen LogP) is 1.47. The van der Waals surface area contributed by atoms with Gasteiger partial charge in [-0.25, -0.2) is 0 Å². The first-order chi connectivity index (χ1) is 12.8. The van der Waals surface area contributed by atoms with E-state index in [1.165, 1.54) is 4.90 Å². The number of pyridine rings is 1. The van der Waals surface area contributed by atoms with E-state index in [0.717, 1.165) is 28.5 Å². The van der Waals surface area contributed by atoms with E-state index in [1.54, 1.807) is 27.3 Å². The lowest BCUT2D eigenvalue weighted by atomic mass is 10.1. The summed E-state index contributed by atoms with van der Waals surface area (Å²) in [6.07, 6.45) is 1.65. The van der Waals surface area contributed by atoms with Crippen molar-refractivity contribution in [3.8, 4) is 11.5 Å². The summed E-state index contributed by atoms with van der Waals surface area (Å²) in [6, 6.07) is 7.70. The number of nitro groups is 1. The number of nitrogens with zero attached hydrogens (tertiary/aromatic N) is 3. The Balaban J connectivity index is 2.01. The van der Waals surface area contributed by atoms with Gasteiger partial charge < -0.3 is 14.4 Å². The molecule has 2 aromatic rings. The predicted molar refractivity (Wildman–Crippen MR) is 98.2 cm³/mol. The van der Waals surface area contributed by atoms with Crippen molar-refractivity contribution in [3.05, 3.63) is 62.6 Å². The van der Waals surface area contributed by atoms with Crippen LogP contribution in [0.5, 0.6) is 11.5 Å². The number of aromatic nitrogens is 1. The molecule has 0 saturated heterocycles. The third-order valence-corrected chi connectivity index (χ3v) is 4.09.